The van der Waals surface area contributed by atoms with Crippen molar-refractivity contribution < 1.29 is 39.8 Å². The minimum absolute atomic E-state index is 0.00532. The Bertz CT molecular complexity index is 842. The summed E-state index contributed by atoms with van der Waals surface area (Å²) in [4.78, 5) is 14.6. The quantitative estimate of drug-likeness (QED) is 0.107. The lowest BCUT2D eigenvalue weighted by molar-refractivity contribution is -0.181. The number of hydrogen-bond acceptors (Lipinski definition) is 11. The fraction of sp³-hybridized carbons (Fsp3) is 0.926. The van der Waals surface area contributed by atoms with Gasteiger partial charge in [-0.1, -0.05) is 0 Å². The Morgan fingerprint density at radius 1 is 1.05 bits per heavy atom. The van der Waals surface area contributed by atoms with E-state index in [4.69, 9.17) is 14.6 Å². The zero-order valence-corrected chi connectivity index (χ0v) is 22.7. The average molecular weight is 555 g/mol. The lowest BCUT2D eigenvalue weighted by Gasteiger charge is -2.62. The van der Waals surface area contributed by atoms with Crippen LogP contribution in [0.3, 0.4) is 0 Å². The Balaban J connectivity index is 1.14. The van der Waals surface area contributed by atoms with E-state index in [1.165, 1.54) is 6.42 Å². The largest absolute Gasteiger partial charge is 0.394 e. The zero-order chi connectivity index (χ0) is 28.0. The van der Waals surface area contributed by atoms with Crippen LogP contribution in [0.5, 0.6) is 0 Å². The number of rotatable bonds is 16. The molecule has 4 aliphatic carbocycles. The highest BCUT2D eigenvalue weighted by Crippen LogP contribution is 2.58. The van der Waals surface area contributed by atoms with Crippen molar-refractivity contribution in [1.29, 1.82) is 5.26 Å². The van der Waals surface area contributed by atoms with E-state index in [2.05, 4.69) is 16.7 Å². The van der Waals surface area contributed by atoms with Gasteiger partial charge >= 0.3 is 0 Å². The van der Waals surface area contributed by atoms with E-state index in [9.17, 15) is 30.5 Å². The maximum atomic E-state index is 12.8. The molecule has 0 aromatic heterocycles. The van der Waals surface area contributed by atoms with Crippen molar-refractivity contribution in [2.45, 2.75) is 93.0 Å². The van der Waals surface area contributed by atoms with Crippen molar-refractivity contribution in [3.63, 3.8) is 0 Å². The molecule has 1 aliphatic heterocycles. The van der Waals surface area contributed by atoms with Crippen molar-refractivity contribution in [3.05, 3.63) is 0 Å². The van der Waals surface area contributed by atoms with E-state index < -0.39 is 31.0 Å². The van der Waals surface area contributed by atoms with Gasteiger partial charge in [0.15, 0.2) is 0 Å². The fourth-order valence-electron chi connectivity index (χ4n) is 7.62. The highest BCUT2D eigenvalue weighted by molar-refractivity contribution is 5.79. The second-order valence-corrected chi connectivity index (χ2v) is 12.1. The molecule has 12 heteroatoms. The third-order valence-corrected chi connectivity index (χ3v) is 9.08. The maximum absolute atomic E-state index is 12.8. The predicted octanol–water partition coefficient (Wildman–Crippen LogP) is -1.76. The number of aliphatic hydroxyl groups excluding tert-OH is 5. The van der Waals surface area contributed by atoms with E-state index in [1.807, 2.05) is 0 Å². The molecular weight excluding hydrogens is 508 g/mol. The summed E-state index contributed by atoms with van der Waals surface area (Å²) in [6, 6.07) is 1.96. The van der Waals surface area contributed by atoms with Crippen LogP contribution in [-0.4, -0.2) is 131 Å². The van der Waals surface area contributed by atoms with Gasteiger partial charge in [-0.25, -0.2) is 0 Å². The van der Waals surface area contributed by atoms with Crippen LogP contribution < -0.4 is 10.6 Å². The number of nitrogens with zero attached hydrogens (tertiary/aromatic N) is 2. The third-order valence-electron chi connectivity index (χ3n) is 9.08. The molecule has 7 N–H and O–H groups in total. The third kappa shape index (κ3) is 7.47. The van der Waals surface area contributed by atoms with Crippen LogP contribution in [-0.2, 0) is 14.3 Å². The minimum atomic E-state index is -1.64. The fourth-order valence-corrected chi connectivity index (χ4v) is 7.62. The van der Waals surface area contributed by atoms with E-state index in [0.717, 1.165) is 44.9 Å². The summed E-state index contributed by atoms with van der Waals surface area (Å²) in [7, 11) is 0. The summed E-state index contributed by atoms with van der Waals surface area (Å²) >= 11 is 0. The molecule has 1 amide bonds. The van der Waals surface area contributed by atoms with Gasteiger partial charge in [-0.05, 0) is 63.2 Å². The van der Waals surface area contributed by atoms with Gasteiger partial charge in [-0.15, -0.1) is 0 Å². The van der Waals surface area contributed by atoms with Crippen LogP contribution in [0.4, 0.5) is 0 Å². The normalized spacial score (nSPS) is 34.6. The van der Waals surface area contributed by atoms with Crippen LogP contribution in [0.15, 0.2) is 0 Å². The van der Waals surface area contributed by atoms with Gasteiger partial charge in [-0.2, -0.15) is 5.26 Å². The monoisotopic (exact) mass is 554 g/mol. The molecule has 5 aliphatic rings. The van der Waals surface area contributed by atoms with E-state index in [0.29, 0.717) is 44.7 Å². The molecule has 0 spiro atoms. The first kappa shape index (κ1) is 30.6. The first-order valence-electron chi connectivity index (χ1n) is 14.4. The molecule has 9 atom stereocenters. The van der Waals surface area contributed by atoms with Gasteiger partial charge in [0.2, 0.25) is 5.91 Å². The molecule has 1 saturated heterocycles. The molecule has 0 radical (unpaired) electrons. The van der Waals surface area contributed by atoms with Crippen LogP contribution in [0, 0.1) is 23.2 Å². The van der Waals surface area contributed by atoms with E-state index in [1.54, 1.807) is 4.90 Å². The van der Waals surface area contributed by atoms with Gasteiger partial charge in [0.1, 0.15) is 24.4 Å². The van der Waals surface area contributed by atoms with Crippen LogP contribution in [0.1, 0.15) is 51.4 Å². The number of amides is 1. The number of hydrogen-bond donors (Lipinski definition) is 7. The average Bonchev–Trinajstić information content (AvgIpc) is 3.40. The molecule has 222 valence electrons. The minimum Gasteiger partial charge on any atom is -0.394 e. The molecule has 12 nitrogen and oxygen atoms in total. The molecular formula is C27H46N4O8. The van der Waals surface area contributed by atoms with Crippen molar-refractivity contribution in [2.24, 2.45) is 11.8 Å². The Morgan fingerprint density at radius 3 is 2.46 bits per heavy atom. The van der Waals surface area contributed by atoms with Crippen LogP contribution in [0.25, 0.3) is 0 Å². The molecule has 5 fully saturated rings. The van der Waals surface area contributed by atoms with Crippen molar-refractivity contribution in [2.75, 3.05) is 52.6 Å². The van der Waals surface area contributed by atoms with Crippen LogP contribution >= 0.6 is 0 Å². The molecule has 39 heavy (non-hydrogen) atoms. The molecule has 5 rings (SSSR count). The number of likely N-dealkylation sites (tertiary alicyclic amines) is 1. The van der Waals surface area contributed by atoms with Gasteiger partial charge in [0.05, 0.1) is 50.7 Å². The Labute approximate surface area is 230 Å². The Hall–Kier alpha value is -1.40. The van der Waals surface area contributed by atoms with Gasteiger partial charge in [0.25, 0.3) is 0 Å². The van der Waals surface area contributed by atoms with E-state index >= 15 is 0 Å². The summed E-state index contributed by atoms with van der Waals surface area (Å²) < 4.78 is 12.2. The van der Waals surface area contributed by atoms with Gasteiger partial charge < -0.3 is 50.5 Å². The lowest BCUT2D eigenvalue weighted by Crippen LogP contribution is -2.66. The highest BCUT2D eigenvalue weighted by Gasteiger charge is 2.58. The molecule has 4 bridgehead atoms. The molecule has 4 saturated carbocycles. The first-order chi connectivity index (χ1) is 18.7. The van der Waals surface area contributed by atoms with Gasteiger partial charge in [-0.3, -0.25) is 4.79 Å². The van der Waals surface area contributed by atoms with Gasteiger partial charge in [0, 0.05) is 25.2 Å². The standard InChI is InChI=1S/C27H46N4O8/c28-13-20-2-1-4-31(20)23(35)15-30-26-9-18-8-19(10-26)12-27(11-18,17-26)39-7-6-38-5-3-29-14-21(33)24(36)25(37)22(34)16-32/h18-22,24-25,29-30,32-34,36-37H,1-12,14-17H2/t18-,19?,20-,21-,22+,24+,25+,26?,27?/m0/s1. The van der Waals surface area contributed by atoms with E-state index in [-0.39, 0.29) is 36.2 Å². The Kier molecular flexibility index (Phi) is 10.6. The summed E-state index contributed by atoms with van der Waals surface area (Å²) in [5.74, 6) is 1.21. The maximum Gasteiger partial charge on any atom is 0.237 e. The summed E-state index contributed by atoms with van der Waals surface area (Å²) in [6.45, 7) is 1.91. The lowest BCUT2D eigenvalue weighted by atomic mass is 9.51. The number of nitrogens with one attached hydrogen (secondary N) is 2. The number of carbonyl (C=O) groups excluding carboxylic acids is 1. The van der Waals surface area contributed by atoms with Crippen molar-refractivity contribution in [3.8, 4) is 6.07 Å². The summed E-state index contributed by atoms with van der Waals surface area (Å²) in [5.41, 5.74) is -0.274. The predicted molar refractivity (Wildman–Crippen MR) is 139 cm³/mol. The summed E-state index contributed by atoms with van der Waals surface area (Å²) in [6.07, 6.45) is 1.95. The molecule has 0 aromatic rings. The van der Waals surface area contributed by atoms with Crippen molar-refractivity contribution in [1.82, 2.24) is 15.5 Å². The van der Waals surface area contributed by atoms with Crippen molar-refractivity contribution >= 4 is 5.91 Å². The summed E-state index contributed by atoms with van der Waals surface area (Å²) in [5, 5.41) is 63.5. The number of carbonyl (C=O) groups is 1. The number of nitriles is 1. The molecule has 0 aromatic carbocycles. The number of ether oxygens (including phenoxy) is 2. The smallest absolute Gasteiger partial charge is 0.237 e. The number of aliphatic hydroxyl groups is 5. The zero-order valence-electron chi connectivity index (χ0n) is 22.7. The first-order valence-corrected chi connectivity index (χ1v) is 14.4. The Morgan fingerprint density at radius 2 is 1.77 bits per heavy atom. The second-order valence-electron chi connectivity index (χ2n) is 12.1. The second kappa shape index (κ2) is 13.5. The highest BCUT2D eigenvalue weighted by atomic mass is 16.5. The topological polar surface area (TPSA) is 188 Å². The molecule has 1 heterocycles. The van der Waals surface area contributed by atoms with Crippen LogP contribution in [0.2, 0.25) is 0 Å². The molecule has 3 unspecified atom stereocenters. The SMILES string of the molecule is N#C[C@@H]1CCCN1C(=O)CNC12CC3C[C@@H](C1)CC(OCCOCCNC[C@H](O)[C@@H](O)[C@H](O)[C@H](O)CO)(C3)C2.